The predicted octanol–water partition coefficient (Wildman–Crippen LogP) is 0.983. The molecule has 2 aromatic heterocycles. The highest BCUT2D eigenvalue weighted by molar-refractivity contribution is 6.04. The second-order valence-corrected chi connectivity index (χ2v) is 5.49. The van der Waals surface area contributed by atoms with Gasteiger partial charge >= 0.3 is 5.97 Å². The summed E-state index contributed by atoms with van der Waals surface area (Å²) in [5.74, 6) is -0.404. The Hall–Kier alpha value is -2.44. The highest BCUT2D eigenvalue weighted by Gasteiger charge is 2.43. The zero-order chi connectivity index (χ0) is 15.0. The van der Waals surface area contributed by atoms with Crippen molar-refractivity contribution < 1.29 is 14.3 Å². The number of ether oxygens (including phenoxy) is 1. The number of hydrogen-bond acceptors (Lipinski definition) is 5. The van der Waals surface area contributed by atoms with Crippen LogP contribution in [-0.4, -0.2) is 51.9 Å². The fraction of sp³-hybridized carbons (Fsp3) is 0.429. The quantitative estimate of drug-likeness (QED) is 0.832. The molecule has 1 aliphatic heterocycles. The number of carbonyl (C=O) groups is 2. The molecular weight excluding hydrogens is 272 g/mol. The van der Waals surface area contributed by atoms with Crippen LogP contribution in [0, 0.1) is 5.41 Å². The van der Waals surface area contributed by atoms with Gasteiger partial charge in [0.25, 0.3) is 5.91 Å². The minimum Gasteiger partial charge on any atom is -0.469 e. The third-order valence-electron chi connectivity index (χ3n) is 4.00. The van der Waals surface area contributed by atoms with Crippen molar-refractivity contribution in [3.05, 3.63) is 24.2 Å². The van der Waals surface area contributed by atoms with Crippen LogP contribution < -0.4 is 0 Å². The molecule has 0 aliphatic carbocycles. The number of fused-ring (bicyclic) bond motifs is 1. The molecule has 1 atom stereocenters. The Bertz CT molecular complexity index is 711. The van der Waals surface area contributed by atoms with Crippen LogP contribution in [0.3, 0.4) is 0 Å². The first-order valence-corrected chi connectivity index (χ1v) is 6.71. The summed E-state index contributed by atoms with van der Waals surface area (Å²) in [5.41, 5.74) is 1.02. The van der Waals surface area contributed by atoms with Crippen molar-refractivity contribution in [3.63, 3.8) is 0 Å². The number of hydrogen-bond donors (Lipinski definition) is 1. The maximum Gasteiger partial charge on any atom is 0.313 e. The van der Waals surface area contributed by atoms with Crippen LogP contribution in [0.1, 0.15) is 23.7 Å². The van der Waals surface area contributed by atoms with Crippen LogP contribution in [0.5, 0.6) is 0 Å². The lowest BCUT2D eigenvalue weighted by Crippen LogP contribution is -2.35. The van der Waals surface area contributed by atoms with E-state index in [-0.39, 0.29) is 11.9 Å². The Morgan fingerprint density at radius 2 is 2.24 bits per heavy atom. The number of likely N-dealkylation sites (tertiary alicyclic amines) is 1. The number of aromatic amines is 1. The second kappa shape index (κ2) is 4.83. The molecule has 0 bridgehead atoms. The van der Waals surface area contributed by atoms with Crippen LogP contribution in [0.25, 0.3) is 11.2 Å². The number of pyridine rings is 1. The smallest absolute Gasteiger partial charge is 0.313 e. The van der Waals surface area contributed by atoms with Crippen molar-refractivity contribution in [2.24, 2.45) is 5.41 Å². The lowest BCUT2D eigenvalue weighted by Gasteiger charge is -2.21. The summed E-state index contributed by atoms with van der Waals surface area (Å²) in [4.78, 5) is 37.2. The summed E-state index contributed by atoms with van der Waals surface area (Å²) >= 11 is 0. The lowest BCUT2D eigenvalue weighted by atomic mass is 9.90. The van der Waals surface area contributed by atoms with E-state index in [2.05, 4.69) is 15.0 Å². The molecule has 1 aliphatic rings. The molecule has 1 saturated heterocycles. The van der Waals surface area contributed by atoms with Crippen LogP contribution in [-0.2, 0) is 9.53 Å². The molecule has 7 nitrogen and oxygen atoms in total. The normalized spacial score (nSPS) is 21.7. The molecule has 1 fully saturated rings. The van der Waals surface area contributed by atoms with Crippen LogP contribution in [0.2, 0.25) is 0 Å². The highest BCUT2D eigenvalue weighted by Crippen LogP contribution is 2.32. The van der Waals surface area contributed by atoms with E-state index in [1.165, 1.54) is 13.4 Å². The summed E-state index contributed by atoms with van der Waals surface area (Å²) < 4.78 is 4.83. The molecule has 0 aromatic carbocycles. The molecule has 1 N–H and O–H groups in total. The molecule has 21 heavy (non-hydrogen) atoms. The molecule has 0 spiro atoms. The Morgan fingerprint density at radius 3 is 3.00 bits per heavy atom. The Kier molecular flexibility index (Phi) is 3.12. The topological polar surface area (TPSA) is 88.2 Å². The van der Waals surface area contributed by atoms with Crippen molar-refractivity contribution in [1.29, 1.82) is 0 Å². The largest absolute Gasteiger partial charge is 0.469 e. The SMILES string of the molecule is COC(=O)[C@@]1(C)CCN(C(=O)c2ccnc3nc[nH]c23)C1. The summed E-state index contributed by atoms with van der Waals surface area (Å²) in [6.45, 7) is 2.71. The molecule has 0 saturated carbocycles. The summed E-state index contributed by atoms with van der Waals surface area (Å²) in [5, 5.41) is 0. The van der Waals surface area contributed by atoms with Gasteiger partial charge in [0.1, 0.15) is 0 Å². The van der Waals surface area contributed by atoms with Crippen molar-refractivity contribution in [1.82, 2.24) is 19.9 Å². The second-order valence-electron chi connectivity index (χ2n) is 5.49. The Morgan fingerprint density at radius 1 is 1.43 bits per heavy atom. The number of H-pyrrole nitrogens is 1. The molecule has 0 unspecified atom stereocenters. The Labute approximate surface area is 121 Å². The third-order valence-corrected chi connectivity index (χ3v) is 4.00. The number of imidazole rings is 1. The van der Waals surface area contributed by atoms with Gasteiger partial charge < -0.3 is 14.6 Å². The van der Waals surface area contributed by atoms with E-state index < -0.39 is 5.41 Å². The number of carbonyl (C=O) groups excluding carboxylic acids is 2. The van der Waals surface area contributed by atoms with E-state index in [1.54, 1.807) is 17.2 Å². The molecule has 3 rings (SSSR count). The van der Waals surface area contributed by atoms with E-state index in [9.17, 15) is 9.59 Å². The number of aromatic nitrogens is 3. The summed E-state index contributed by atoms with van der Waals surface area (Å²) in [6.07, 6.45) is 3.67. The average Bonchev–Trinajstić information content (AvgIpc) is 3.12. The number of amides is 1. The Balaban J connectivity index is 1.87. The summed E-state index contributed by atoms with van der Waals surface area (Å²) in [7, 11) is 1.37. The zero-order valence-corrected chi connectivity index (χ0v) is 11.9. The van der Waals surface area contributed by atoms with Crippen molar-refractivity contribution in [3.8, 4) is 0 Å². The molecular formula is C14H16N4O3. The van der Waals surface area contributed by atoms with Gasteiger partial charge in [-0.2, -0.15) is 0 Å². The van der Waals surface area contributed by atoms with Gasteiger partial charge in [-0.05, 0) is 19.4 Å². The number of nitrogens with one attached hydrogen (secondary N) is 1. The van der Waals surface area contributed by atoms with E-state index in [4.69, 9.17) is 4.74 Å². The average molecular weight is 288 g/mol. The highest BCUT2D eigenvalue weighted by atomic mass is 16.5. The first kappa shape index (κ1) is 13.5. The predicted molar refractivity (Wildman–Crippen MR) is 74.5 cm³/mol. The maximum absolute atomic E-state index is 12.7. The monoisotopic (exact) mass is 288 g/mol. The van der Waals surface area contributed by atoms with E-state index in [0.29, 0.717) is 36.2 Å². The molecule has 0 radical (unpaired) electrons. The van der Waals surface area contributed by atoms with Crippen LogP contribution >= 0.6 is 0 Å². The number of esters is 1. The molecule has 1 amide bonds. The fourth-order valence-electron chi connectivity index (χ4n) is 2.74. The molecule has 2 aromatic rings. The maximum atomic E-state index is 12.7. The van der Waals surface area contributed by atoms with Gasteiger partial charge in [0, 0.05) is 19.3 Å². The molecule has 3 heterocycles. The first-order chi connectivity index (χ1) is 10.0. The first-order valence-electron chi connectivity index (χ1n) is 6.71. The van der Waals surface area contributed by atoms with Crippen molar-refractivity contribution in [2.75, 3.05) is 20.2 Å². The molecule has 110 valence electrons. The van der Waals surface area contributed by atoms with Crippen LogP contribution in [0.15, 0.2) is 18.6 Å². The van der Waals surface area contributed by atoms with Gasteiger partial charge in [-0.15, -0.1) is 0 Å². The van der Waals surface area contributed by atoms with E-state index in [1.807, 2.05) is 6.92 Å². The van der Waals surface area contributed by atoms with Crippen LogP contribution in [0.4, 0.5) is 0 Å². The molecule has 7 heteroatoms. The number of rotatable bonds is 2. The van der Waals surface area contributed by atoms with Gasteiger partial charge in [0.15, 0.2) is 5.65 Å². The zero-order valence-electron chi connectivity index (χ0n) is 11.9. The third kappa shape index (κ3) is 2.14. The van der Waals surface area contributed by atoms with Crippen molar-refractivity contribution in [2.45, 2.75) is 13.3 Å². The fourth-order valence-corrected chi connectivity index (χ4v) is 2.74. The minimum atomic E-state index is -0.634. The van der Waals surface area contributed by atoms with Gasteiger partial charge in [0.2, 0.25) is 0 Å². The van der Waals surface area contributed by atoms with Crippen molar-refractivity contribution >= 4 is 23.0 Å². The van der Waals surface area contributed by atoms with Gasteiger partial charge in [-0.25, -0.2) is 9.97 Å². The minimum absolute atomic E-state index is 0.126. The number of methoxy groups -OCH3 is 1. The van der Waals surface area contributed by atoms with E-state index >= 15 is 0 Å². The summed E-state index contributed by atoms with van der Waals surface area (Å²) in [6, 6.07) is 1.66. The number of nitrogens with zero attached hydrogens (tertiary/aromatic N) is 3. The van der Waals surface area contributed by atoms with Gasteiger partial charge in [0.05, 0.1) is 29.9 Å². The van der Waals surface area contributed by atoms with Gasteiger partial charge in [-0.1, -0.05) is 0 Å². The standard InChI is InChI=1S/C14H16N4O3/c1-14(13(20)21-2)4-6-18(7-14)12(19)9-3-5-15-11-10(9)16-8-17-11/h3,5,8H,4,6-7H2,1-2H3,(H,15,16,17)/t14-/m0/s1. The lowest BCUT2D eigenvalue weighted by molar-refractivity contribution is -0.150. The van der Waals surface area contributed by atoms with Gasteiger partial charge in [-0.3, -0.25) is 9.59 Å². The van der Waals surface area contributed by atoms with E-state index in [0.717, 1.165) is 0 Å².